The van der Waals surface area contributed by atoms with E-state index in [1.807, 2.05) is 10.3 Å². The van der Waals surface area contributed by atoms with Gasteiger partial charge in [-0.15, -0.1) is 11.3 Å². The largest absolute Gasteiger partial charge is 0.342 e. The maximum Gasteiger partial charge on any atom is 0.228 e. The molecule has 0 radical (unpaired) electrons. The van der Waals surface area contributed by atoms with Crippen LogP contribution in [0.1, 0.15) is 37.4 Å². The van der Waals surface area contributed by atoms with Gasteiger partial charge in [0.05, 0.1) is 12.1 Å². The normalized spacial score (nSPS) is 14.0. The monoisotopic (exact) mass is 328 g/mol. The molecular weight excluding hydrogens is 304 g/mol. The van der Waals surface area contributed by atoms with Crippen LogP contribution in [0.15, 0.2) is 29.6 Å². The van der Waals surface area contributed by atoms with Gasteiger partial charge in [-0.2, -0.15) is 0 Å². The van der Waals surface area contributed by atoms with Gasteiger partial charge in [0.25, 0.3) is 0 Å². The van der Waals surface area contributed by atoms with Gasteiger partial charge in [0, 0.05) is 24.0 Å². The van der Waals surface area contributed by atoms with Crippen molar-refractivity contribution in [2.75, 3.05) is 13.1 Å². The molecule has 1 aromatic heterocycles. The second-order valence-corrected chi connectivity index (χ2v) is 7.33. The fraction of sp³-hybridized carbons (Fsp3) is 0.474. The lowest BCUT2D eigenvalue weighted by Gasteiger charge is -2.21. The van der Waals surface area contributed by atoms with Gasteiger partial charge >= 0.3 is 0 Å². The molecule has 23 heavy (non-hydrogen) atoms. The molecule has 0 saturated heterocycles. The smallest absolute Gasteiger partial charge is 0.228 e. The van der Waals surface area contributed by atoms with Gasteiger partial charge in [-0.3, -0.25) is 4.79 Å². The van der Waals surface area contributed by atoms with Gasteiger partial charge in [0.1, 0.15) is 5.01 Å². The molecule has 1 amide bonds. The first-order valence-corrected chi connectivity index (χ1v) is 9.33. The first kappa shape index (κ1) is 16.2. The third-order valence-electron chi connectivity index (χ3n) is 4.20. The highest BCUT2D eigenvalue weighted by Gasteiger charge is 2.26. The molecule has 4 heteroatoms. The average molecular weight is 328 g/mol. The van der Waals surface area contributed by atoms with E-state index in [4.69, 9.17) is 0 Å². The molecule has 1 aliphatic carbocycles. The topological polar surface area (TPSA) is 33.2 Å². The number of aryl methyl sites for hydroxylation is 1. The van der Waals surface area contributed by atoms with Crippen LogP contribution in [-0.4, -0.2) is 28.9 Å². The number of carbonyl (C=O) groups excluding carboxylic acids is 1. The molecule has 1 saturated carbocycles. The van der Waals surface area contributed by atoms with E-state index in [-0.39, 0.29) is 5.91 Å². The van der Waals surface area contributed by atoms with E-state index in [2.05, 4.69) is 43.1 Å². The van der Waals surface area contributed by atoms with Gasteiger partial charge in [-0.25, -0.2) is 4.98 Å². The van der Waals surface area contributed by atoms with Crippen LogP contribution in [0.5, 0.6) is 0 Å². The molecule has 1 aliphatic rings. The summed E-state index contributed by atoms with van der Waals surface area (Å²) in [4.78, 5) is 19.2. The molecule has 0 aliphatic heterocycles. The van der Waals surface area contributed by atoms with E-state index < -0.39 is 0 Å². The predicted octanol–water partition coefficient (Wildman–Crippen LogP) is 4.31. The number of thiazole rings is 1. The van der Waals surface area contributed by atoms with E-state index in [0.717, 1.165) is 41.7 Å². The molecule has 122 valence electrons. The van der Waals surface area contributed by atoms with Crippen LogP contribution in [0.25, 0.3) is 10.6 Å². The molecule has 2 aromatic rings. The maximum absolute atomic E-state index is 12.5. The Morgan fingerprint density at radius 3 is 2.70 bits per heavy atom. The summed E-state index contributed by atoms with van der Waals surface area (Å²) in [7, 11) is 0. The van der Waals surface area contributed by atoms with Crippen LogP contribution in [-0.2, 0) is 11.2 Å². The van der Waals surface area contributed by atoms with Crippen molar-refractivity contribution in [3.05, 3.63) is 40.9 Å². The van der Waals surface area contributed by atoms with Crippen molar-refractivity contribution in [2.24, 2.45) is 5.92 Å². The summed E-state index contributed by atoms with van der Waals surface area (Å²) in [6.45, 7) is 6.01. The highest BCUT2D eigenvalue weighted by molar-refractivity contribution is 7.13. The molecule has 3 rings (SSSR count). The lowest BCUT2D eigenvalue weighted by atomic mass is 10.2. The van der Waals surface area contributed by atoms with E-state index in [1.165, 1.54) is 18.4 Å². The quantitative estimate of drug-likeness (QED) is 0.759. The Morgan fingerprint density at radius 1 is 1.30 bits per heavy atom. The summed E-state index contributed by atoms with van der Waals surface area (Å²) in [5, 5.41) is 3.02. The third kappa shape index (κ3) is 4.41. The second-order valence-electron chi connectivity index (χ2n) is 6.47. The number of benzene rings is 1. The Hall–Kier alpha value is -1.68. The highest BCUT2D eigenvalue weighted by Crippen LogP contribution is 2.30. The standard InChI is InChI=1S/C19H24N2OS/c1-3-10-21(12-15-6-7-15)18(22)11-17-13-23-19(20-17)16-8-4-14(2)5-9-16/h4-5,8-9,13,15H,3,6-7,10-12H2,1-2H3. The summed E-state index contributed by atoms with van der Waals surface area (Å²) >= 11 is 1.62. The Morgan fingerprint density at radius 2 is 2.04 bits per heavy atom. The highest BCUT2D eigenvalue weighted by atomic mass is 32.1. The lowest BCUT2D eigenvalue weighted by Crippen LogP contribution is -2.34. The number of carbonyl (C=O) groups is 1. The van der Waals surface area contributed by atoms with Gasteiger partial charge in [-0.1, -0.05) is 36.8 Å². The first-order valence-electron chi connectivity index (χ1n) is 8.45. The summed E-state index contributed by atoms with van der Waals surface area (Å²) in [6.07, 6.45) is 4.00. The van der Waals surface area contributed by atoms with Crippen LogP contribution < -0.4 is 0 Å². The van der Waals surface area contributed by atoms with Crippen LogP contribution in [0.4, 0.5) is 0 Å². The SMILES string of the molecule is CCCN(CC1CC1)C(=O)Cc1csc(-c2ccc(C)cc2)n1. The van der Waals surface area contributed by atoms with Gasteiger partial charge in [0.15, 0.2) is 0 Å². The summed E-state index contributed by atoms with van der Waals surface area (Å²) < 4.78 is 0. The van der Waals surface area contributed by atoms with Crippen LogP contribution in [0.2, 0.25) is 0 Å². The van der Waals surface area contributed by atoms with E-state index in [0.29, 0.717) is 6.42 Å². The Balaban J connectivity index is 1.65. The zero-order valence-electron chi connectivity index (χ0n) is 13.9. The Labute approximate surface area is 142 Å². The number of aromatic nitrogens is 1. The molecule has 0 unspecified atom stereocenters. The molecule has 1 heterocycles. The molecule has 0 spiro atoms. The van der Waals surface area contributed by atoms with Crippen molar-refractivity contribution in [3.8, 4) is 10.6 Å². The van der Waals surface area contributed by atoms with Crippen LogP contribution in [0.3, 0.4) is 0 Å². The molecule has 0 bridgehead atoms. The molecular formula is C19H24N2OS. The van der Waals surface area contributed by atoms with Gasteiger partial charge in [-0.05, 0) is 32.1 Å². The number of rotatable bonds is 7. The maximum atomic E-state index is 12.5. The molecule has 3 nitrogen and oxygen atoms in total. The van der Waals surface area contributed by atoms with Crippen molar-refractivity contribution in [3.63, 3.8) is 0 Å². The third-order valence-corrected chi connectivity index (χ3v) is 5.14. The van der Waals surface area contributed by atoms with E-state index in [1.54, 1.807) is 11.3 Å². The van der Waals surface area contributed by atoms with Gasteiger partial charge < -0.3 is 4.90 Å². The minimum absolute atomic E-state index is 0.222. The van der Waals surface area contributed by atoms with Crippen molar-refractivity contribution >= 4 is 17.2 Å². The minimum atomic E-state index is 0.222. The van der Waals surface area contributed by atoms with Gasteiger partial charge in [0.2, 0.25) is 5.91 Å². The van der Waals surface area contributed by atoms with Crippen LogP contribution in [0, 0.1) is 12.8 Å². The lowest BCUT2D eigenvalue weighted by molar-refractivity contribution is -0.130. The average Bonchev–Trinajstić information content (AvgIpc) is 3.24. The number of amides is 1. The minimum Gasteiger partial charge on any atom is -0.342 e. The fourth-order valence-corrected chi connectivity index (χ4v) is 3.51. The Kier molecular flexibility index (Phi) is 5.11. The second kappa shape index (κ2) is 7.26. The fourth-order valence-electron chi connectivity index (χ4n) is 2.68. The summed E-state index contributed by atoms with van der Waals surface area (Å²) in [6, 6.07) is 8.38. The molecule has 0 N–H and O–H groups in total. The molecule has 1 fully saturated rings. The summed E-state index contributed by atoms with van der Waals surface area (Å²) in [5.74, 6) is 0.962. The van der Waals surface area contributed by atoms with E-state index in [9.17, 15) is 4.79 Å². The van der Waals surface area contributed by atoms with Crippen molar-refractivity contribution in [1.82, 2.24) is 9.88 Å². The predicted molar refractivity (Wildman–Crippen MR) is 95.6 cm³/mol. The van der Waals surface area contributed by atoms with Crippen molar-refractivity contribution in [2.45, 2.75) is 39.5 Å². The first-order chi connectivity index (χ1) is 11.2. The van der Waals surface area contributed by atoms with E-state index >= 15 is 0 Å². The van der Waals surface area contributed by atoms with Crippen molar-refractivity contribution < 1.29 is 4.79 Å². The zero-order chi connectivity index (χ0) is 16.2. The summed E-state index contributed by atoms with van der Waals surface area (Å²) in [5.41, 5.74) is 3.27. The number of hydrogen-bond acceptors (Lipinski definition) is 3. The number of nitrogens with zero attached hydrogens (tertiary/aromatic N) is 2. The Bertz CT molecular complexity index is 658. The molecule has 0 atom stereocenters. The number of hydrogen-bond donors (Lipinski definition) is 0. The zero-order valence-corrected chi connectivity index (χ0v) is 14.7. The van der Waals surface area contributed by atoms with Crippen molar-refractivity contribution in [1.29, 1.82) is 0 Å². The molecule has 1 aromatic carbocycles. The van der Waals surface area contributed by atoms with Crippen LogP contribution >= 0.6 is 11.3 Å².